The first-order chi connectivity index (χ1) is 7.38. The lowest BCUT2D eigenvalue weighted by molar-refractivity contribution is -0.136. The van der Waals surface area contributed by atoms with Gasteiger partial charge in [0.25, 0.3) is 0 Å². The number of carbonyl (C=O) groups is 2. The van der Waals surface area contributed by atoms with E-state index in [1.807, 2.05) is 6.92 Å². The number of carbonyl (C=O) groups excluding carboxylic acids is 1. The number of aliphatic carboxylic acids is 1. The monoisotopic (exact) mass is 247 g/mol. The van der Waals surface area contributed by atoms with Crippen LogP contribution in [-0.4, -0.2) is 33.5 Å². The lowest BCUT2D eigenvalue weighted by Gasteiger charge is -2.18. The van der Waals surface area contributed by atoms with Crippen molar-refractivity contribution in [3.63, 3.8) is 0 Å². The fourth-order valence-corrected chi connectivity index (χ4v) is 2.21. The van der Waals surface area contributed by atoms with Crippen LogP contribution in [0.2, 0.25) is 0 Å². The van der Waals surface area contributed by atoms with Crippen LogP contribution >= 0.6 is 11.8 Å². The molecule has 94 valence electrons. The Morgan fingerprint density at radius 3 is 2.25 bits per heavy atom. The number of rotatable bonds is 7. The minimum atomic E-state index is -0.883. The summed E-state index contributed by atoms with van der Waals surface area (Å²) in [4.78, 5) is 22.3. The molecule has 3 unspecified atom stereocenters. The Labute approximate surface area is 101 Å². The molecule has 3 atom stereocenters. The second kappa shape index (κ2) is 7.54. The molecule has 5 heteroatoms. The van der Waals surface area contributed by atoms with Crippen LogP contribution in [0.3, 0.4) is 0 Å². The molecule has 16 heavy (non-hydrogen) atoms. The molecule has 0 spiro atoms. The Morgan fingerprint density at radius 2 is 1.81 bits per heavy atom. The zero-order chi connectivity index (χ0) is 12.7. The van der Waals surface area contributed by atoms with Crippen molar-refractivity contribution < 1.29 is 14.7 Å². The first kappa shape index (κ1) is 15.3. The van der Waals surface area contributed by atoms with E-state index in [0.717, 1.165) is 24.6 Å². The molecule has 0 rings (SSSR count). The topological polar surface area (TPSA) is 66.4 Å². The molecule has 0 fully saturated rings. The highest BCUT2D eigenvalue weighted by Gasteiger charge is 2.21. The quantitative estimate of drug-likeness (QED) is 0.721. The van der Waals surface area contributed by atoms with E-state index in [1.165, 1.54) is 0 Å². The number of hydrogen-bond acceptors (Lipinski definition) is 3. The summed E-state index contributed by atoms with van der Waals surface area (Å²) in [6, 6.07) is 0.153. The van der Waals surface area contributed by atoms with Crippen LogP contribution in [-0.2, 0) is 9.59 Å². The Balaban J connectivity index is 4.03. The Hall–Kier alpha value is -0.710. The fourth-order valence-electron chi connectivity index (χ4n) is 1.29. The molecule has 2 N–H and O–H groups in total. The molecule has 1 amide bonds. The molecule has 0 saturated heterocycles. The number of hydrogen-bond donors (Lipinski definition) is 2. The van der Waals surface area contributed by atoms with Crippen molar-refractivity contribution in [3.05, 3.63) is 0 Å². The van der Waals surface area contributed by atoms with Gasteiger partial charge in [-0.3, -0.25) is 9.59 Å². The predicted molar refractivity (Wildman–Crippen MR) is 66.7 cm³/mol. The average molecular weight is 247 g/mol. The van der Waals surface area contributed by atoms with Crippen molar-refractivity contribution in [2.75, 3.05) is 0 Å². The van der Waals surface area contributed by atoms with E-state index >= 15 is 0 Å². The number of thioether (sulfide) groups is 1. The summed E-state index contributed by atoms with van der Waals surface area (Å²) in [5.74, 6) is -0.967. The molecule has 0 aromatic carbocycles. The minimum Gasteiger partial charge on any atom is -0.480 e. The highest BCUT2D eigenvalue weighted by atomic mass is 32.2. The van der Waals surface area contributed by atoms with Gasteiger partial charge in [0.05, 0.1) is 5.25 Å². The summed E-state index contributed by atoms with van der Waals surface area (Å²) in [6.45, 7) is 7.34. The molecule has 0 heterocycles. The second-order valence-corrected chi connectivity index (χ2v) is 5.64. The standard InChI is InChI=1S/C11H21NO3S/c1-5-6-7(2)12-10(13)8(3)16-9(4)11(14)15/h7-9H,5-6H2,1-4H3,(H,12,13)(H,14,15). The molecular weight excluding hydrogens is 226 g/mol. The maximum Gasteiger partial charge on any atom is 0.316 e. The number of carboxylic acid groups (broad SMARTS) is 1. The first-order valence-corrected chi connectivity index (χ1v) is 6.51. The summed E-state index contributed by atoms with van der Waals surface area (Å²) in [5, 5.41) is 10.7. The van der Waals surface area contributed by atoms with Crippen LogP contribution in [0, 0.1) is 0 Å². The normalized spacial score (nSPS) is 16.2. The fraction of sp³-hybridized carbons (Fsp3) is 0.818. The van der Waals surface area contributed by atoms with Gasteiger partial charge >= 0.3 is 5.97 Å². The van der Waals surface area contributed by atoms with Gasteiger partial charge in [-0.25, -0.2) is 0 Å². The van der Waals surface area contributed by atoms with Gasteiger partial charge < -0.3 is 10.4 Å². The van der Waals surface area contributed by atoms with Gasteiger partial charge in [0, 0.05) is 6.04 Å². The lowest BCUT2D eigenvalue weighted by Crippen LogP contribution is -2.38. The highest BCUT2D eigenvalue weighted by Crippen LogP contribution is 2.17. The van der Waals surface area contributed by atoms with E-state index in [0.29, 0.717) is 0 Å². The predicted octanol–water partition coefficient (Wildman–Crippen LogP) is 1.89. The summed E-state index contributed by atoms with van der Waals surface area (Å²) in [5.41, 5.74) is 0. The molecule has 0 radical (unpaired) electrons. The molecule has 0 aromatic heterocycles. The van der Waals surface area contributed by atoms with Gasteiger partial charge in [-0.1, -0.05) is 13.3 Å². The van der Waals surface area contributed by atoms with Gasteiger partial charge in [0.1, 0.15) is 5.25 Å². The Bertz CT molecular complexity index is 245. The Kier molecular flexibility index (Phi) is 7.21. The molecular formula is C11H21NO3S. The smallest absolute Gasteiger partial charge is 0.316 e. The van der Waals surface area contributed by atoms with Gasteiger partial charge in [-0.15, -0.1) is 11.8 Å². The molecule has 0 aliphatic heterocycles. The van der Waals surface area contributed by atoms with Crippen LogP contribution in [0.15, 0.2) is 0 Å². The van der Waals surface area contributed by atoms with E-state index in [4.69, 9.17) is 5.11 Å². The molecule has 0 aromatic rings. The van der Waals surface area contributed by atoms with E-state index in [1.54, 1.807) is 13.8 Å². The summed E-state index contributed by atoms with van der Waals surface area (Å²) < 4.78 is 0. The second-order valence-electron chi connectivity index (χ2n) is 3.96. The van der Waals surface area contributed by atoms with Gasteiger partial charge in [0.2, 0.25) is 5.91 Å². The van der Waals surface area contributed by atoms with Crippen LogP contribution in [0.4, 0.5) is 0 Å². The van der Waals surface area contributed by atoms with E-state index in [-0.39, 0.29) is 17.2 Å². The van der Waals surface area contributed by atoms with Crippen molar-refractivity contribution in [1.29, 1.82) is 0 Å². The van der Waals surface area contributed by atoms with Crippen molar-refractivity contribution in [1.82, 2.24) is 5.32 Å². The van der Waals surface area contributed by atoms with E-state index in [9.17, 15) is 9.59 Å². The zero-order valence-corrected chi connectivity index (χ0v) is 11.1. The third-order valence-electron chi connectivity index (χ3n) is 2.24. The summed E-state index contributed by atoms with van der Waals surface area (Å²) >= 11 is 1.16. The van der Waals surface area contributed by atoms with Crippen molar-refractivity contribution in [2.45, 2.75) is 57.1 Å². The maximum atomic E-state index is 11.7. The highest BCUT2D eigenvalue weighted by molar-refractivity contribution is 8.01. The van der Waals surface area contributed by atoms with E-state index < -0.39 is 11.2 Å². The third kappa shape index (κ3) is 6.00. The summed E-state index contributed by atoms with van der Waals surface area (Å²) in [6.07, 6.45) is 1.96. The van der Waals surface area contributed by atoms with Crippen LogP contribution in [0.5, 0.6) is 0 Å². The first-order valence-electron chi connectivity index (χ1n) is 5.57. The molecule has 0 aliphatic rings. The molecule has 4 nitrogen and oxygen atoms in total. The number of amides is 1. The zero-order valence-electron chi connectivity index (χ0n) is 10.3. The van der Waals surface area contributed by atoms with Crippen molar-refractivity contribution in [2.24, 2.45) is 0 Å². The van der Waals surface area contributed by atoms with Crippen molar-refractivity contribution >= 4 is 23.6 Å². The number of nitrogens with one attached hydrogen (secondary N) is 1. The largest absolute Gasteiger partial charge is 0.480 e. The van der Waals surface area contributed by atoms with Gasteiger partial charge in [-0.2, -0.15) is 0 Å². The van der Waals surface area contributed by atoms with Gasteiger partial charge in [0.15, 0.2) is 0 Å². The van der Waals surface area contributed by atoms with Crippen molar-refractivity contribution in [3.8, 4) is 0 Å². The Morgan fingerprint density at radius 1 is 1.25 bits per heavy atom. The van der Waals surface area contributed by atoms with Crippen LogP contribution in [0.25, 0.3) is 0 Å². The summed E-state index contributed by atoms with van der Waals surface area (Å²) in [7, 11) is 0. The molecule has 0 aliphatic carbocycles. The minimum absolute atomic E-state index is 0.0842. The SMILES string of the molecule is CCCC(C)NC(=O)C(C)SC(C)C(=O)O. The molecule has 0 saturated carbocycles. The third-order valence-corrected chi connectivity index (χ3v) is 3.47. The van der Waals surface area contributed by atoms with E-state index in [2.05, 4.69) is 12.2 Å². The van der Waals surface area contributed by atoms with Crippen LogP contribution in [0.1, 0.15) is 40.5 Å². The van der Waals surface area contributed by atoms with Crippen LogP contribution < -0.4 is 5.32 Å². The lowest BCUT2D eigenvalue weighted by atomic mass is 10.2. The maximum absolute atomic E-state index is 11.7. The number of carboxylic acids is 1. The average Bonchev–Trinajstić information content (AvgIpc) is 2.17. The van der Waals surface area contributed by atoms with Gasteiger partial charge in [-0.05, 0) is 27.2 Å². The molecule has 0 bridgehead atoms.